The summed E-state index contributed by atoms with van der Waals surface area (Å²) in [7, 11) is 0. The highest BCUT2D eigenvalue weighted by molar-refractivity contribution is 5.69. The minimum Gasteiger partial charge on any atom is -0.462 e. The minimum absolute atomic E-state index is 0.0575. The zero-order valence-corrected chi connectivity index (χ0v) is 16.6. The molecule has 4 aliphatic carbocycles. The number of carbonyl (C=O) groups excluding carboxylic acids is 2. The molecule has 7 atom stereocenters. The van der Waals surface area contributed by atoms with Crippen LogP contribution in [0.25, 0.3) is 0 Å². The van der Waals surface area contributed by atoms with Crippen molar-refractivity contribution < 1.29 is 14.3 Å². The number of allylic oxidation sites excluding steroid dienone is 2. The number of esters is 1. The quantitative estimate of drug-likeness (QED) is 0.401. The highest BCUT2D eigenvalue weighted by atomic mass is 16.5. The summed E-state index contributed by atoms with van der Waals surface area (Å²) in [5.41, 5.74) is 1.36. The molecule has 0 spiro atoms. The van der Waals surface area contributed by atoms with Gasteiger partial charge in [-0.05, 0) is 75.0 Å². The van der Waals surface area contributed by atoms with Crippen LogP contribution >= 0.6 is 0 Å². The van der Waals surface area contributed by atoms with Gasteiger partial charge in [-0.3, -0.25) is 4.79 Å². The van der Waals surface area contributed by atoms with E-state index in [0.29, 0.717) is 30.1 Å². The van der Waals surface area contributed by atoms with Crippen LogP contribution in [0.3, 0.4) is 0 Å². The lowest BCUT2D eigenvalue weighted by Gasteiger charge is -2.58. The number of rotatable bonds is 3. The van der Waals surface area contributed by atoms with Gasteiger partial charge >= 0.3 is 5.97 Å². The molecule has 0 heterocycles. The zero-order valence-electron chi connectivity index (χ0n) is 16.6. The zero-order chi connectivity index (χ0) is 18.5. The topological polar surface area (TPSA) is 43.4 Å². The van der Waals surface area contributed by atoms with Crippen LogP contribution in [-0.2, 0) is 14.3 Å². The molecule has 3 fully saturated rings. The third-order valence-electron chi connectivity index (χ3n) is 8.64. The van der Waals surface area contributed by atoms with Crippen molar-refractivity contribution in [3.05, 3.63) is 11.6 Å². The highest BCUT2D eigenvalue weighted by Crippen LogP contribution is 2.66. The molecule has 0 bridgehead atoms. The second-order valence-electron chi connectivity index (χ2n) is 9.68. The average Bonchev–Trinajstić information content (AvgIpc) is 2.98. The lowest BCUT2D eigenvalue weighted by molar-refractivity contribution is -0.160. The van der Waals surface area contributed by atoms with Gasteiger partial charge in [0.1, 0.15) is 12.4 Å². The van der Waals surface area contributed by atoms with Gasteiger partial charge in [-0.15, -0.1) is 0 Å². The van der Waals surface area contributed by atoms with Crippen molar-refractivity contribution in [1.82, 2.24) is 0 Å². The Labute approximate surface area is 157 Å². The monoisotopic (exact) mass is 358 g/mol. The van der Waals surface area contributed by atoms with Gasteiger partial charge in [-0.1, -0.05) is 32.4 Å². The fourth-order valence-electron chi connectivity index (χ4n) is 7.44. The van der Waals surface area contributed by atoms with Crippen molar-refractivity contribution in [3.8, 4) is 0 Å². The largest absolute Gasteiger partial charge is 0.462 e. The Bertz CT molecular complexity index is 623. The molecular weight excluding hydrogens is 324 g/mol. The molecular formula is C23H34O3. The van der Waals surface area contributed by atoms with Gasteiger partial charge in [0.15, 0.2) is 0 Å². The molecule has 0 N–H and O–H groups in total. The number of fused-ring (bicyclic) bond motifs is 5. The number of ether oxygens (including phenoxy) is 1. The second-order valence-corrected chi connectivity index (χ2v) is 9.68. The van der Waals surface area contributed by atoms with Crippen LogP contribution < -0.4 is 0 Å². The van der Waals surface area contributed by atoms with Crippen molar-refractivity contribution in [2.24, 2.45) is 34.5 Å². The lowest BCUT2D eigenvalue weighted by atomic mass is 9.45. The maximum Gasteiger partial charge on any atom is 0.305 e. The van der Waals surface area contributed by atoms with Crippen molar-refractivity contribution in [2.45, 2.75) is 84.7 Å². The third-order valence-corrected chi connectivity index (χ3v) is 8.64. The van der Waals surface area contributed by atoms with Crippen molar-refractivity contribution in [3.63, 3.8) is 0 Å². The maximum absolute atomic E-state index is 12.4. The standard InChI is InChI=1S/C23H34O3/c1-4-21(25)26-20-9-8-18-16-13-15(2)17-7-5-6-11-23(17,14-24)19(16)10-12-22(18,20)3/h7,14-16,18-20H,4-6,8-13H2,1-3H3/t15-,16-,18-,19-,20-,22-,23+/m0/s1. The van der Waals surface area contributed by atoms with Gasteiger partial charge in [-0.25, -0.2) is 0 Å². The predicted octanol–water partition coefficient (Wildman–Crippen LogP) is 5.09. The van der Waals surface area contributed by atoms with Gasteiger partial charge in [0.25, 0.3) is 0 Å². The summed E-state index contributed by atoms with van der Waals surface area (Å²) < 4.78 is 5.88. The molecule has 4 rings (SSSR count). The van der Waals surface area contributed by atoms with E-state index in [-0.39, 0.29) is 22.9 Å². The molecule has 0 saturated heterocycles. The first-order valence-electron chi connectivity index (χ1n) is 10.8. The van der Waals surface area contributed by atoms with Gasteiger partial charge in [0.2, 0.25) is 0 Å². The summed E-state index contributed by atoms with van der Waals surface area (Å²) in [5, 5.41) is 0. The van der Waals surface area contributed by atoms with Crippen LogP contribution in [-0.4, -0.2) is 18.4 Å². The molecule has 144 valence electrons. The first-order valence-corrected chi connectivity index (χ1v) is 10.8. The van der Waals surface area contributed by atoms with Crippen molar-refractivity contribution in [1.29, 1.82) is 0 Å². The molecule has 4 aliphatic rings. The number of hydrogen-bond acceptors (Lipinski definition) is 3. The molecule has 3 saturated carbocycles. The lowest BCUT2D eigenvalue weighted by Crippen LogP contribution is -2.54. The fourth-order valence-corrected chi connectivity index (χ4v) is 7.44. The molecule has 0 radical (unpaired) electrons. The third kappa shape index (κ3) is 2.45. The Morgan fingerprint density at radius 2 is 2.08 bits per heavy atom. The Morgan fingerprint density at radius 1 is 1.27 bits per heavy atom. The first-order chi connectivity index (χ1) is 12.5. The van der Waals surface area contributed by atoms with Crippen LogP contribution in [0, 0.1) is 34.5 Å². The number of carbonyl (C=O) groups is 2. The van der Waals surface area contributed by atoms with E-state index >= 15 is 0 Å². The van der Waals surface area contributed by atoms with Gasteiger partial charge < -0.3 is 9.53 Å². The molecule has 3 heteroatoms. The van der Waals surface area contributed by atoms with Crippen molar-refractivity contribution >= 4 is 12.3 Å². The van der Waals surface area contributed by atoms with E-state index in [0.717, 1.165) is 44.9 Å². The summed E-state index contributed by atoms with van der Waals surface area (Å²) in [4.78, 5) is 24.4. The molecule has 0 aromatic rings. The van der Waals surface area contributed by atoms with Crippen LogP contribution in [0.15, 0.2) is 11.6 Å². The van der Waals surface area contributed by atoms with Crippen LogP contribution in [0.5, 0.6) is 0 Å². The summed E-state index contributed by atoms with van der Waals surface area (Å²) >= 11 is 0. The molecule has 0 aromatic carbocycles. The molecule has 0 amide bonds. The van der Waals surface area contributed by atoms with E-state index < -0.39 is 0 Å². The Kier molecular flexibility index (Phi) is 4.56. The minimum atomic E-state index is -0.194. The van der Waals surface area contributed by atoms with Gasteiger partial charge in [-0.2, -0.15) is 0 Å². The van der Waals surface area contributed by atoms with E-state index in [4.69, 9.17) is 4.74 Å². The van der Waals surface area contributed by atoms with E-state index in [1.54, 1.807) is 0 Å². The van der Waals surface area contributed by atoms with Gasteiger partial charge in [0, 0.05) is 11.8 Å². The Hall–Kier alpha value is -1.12. The summed E-state index contributed by atoms with van der Waals surface area (Å²) in [6.07, 6.45) is 13.2. The molecule has 0 aromatic heterocycles. The van der Waals surface area contributed by atoms with E-state index in [2.05, 4.69) is 19.9 Å². The molecule has 3 nitrogen and oxygen atoms in total. The number of hydrogen-bond donors (Lipinski definition) is 0. The Morgan fingerprint density at radius 3 is 2.81 bits per heavy atom. The highest BCUT2D eigenvalue weighted by Gasteiger charge is 2.61. The molecule has 26 heavy (non-hydrogen) atoms. The maximum atomic E-state index is 12.4. The summed E-state index contributed by atoms with van der Waals surface area (Å²) in [5.74, 6) is 2.16. The van der Waals surface area contributed by atoms with Crippen molar-refractivity contribution in [2.75, 3.05) is 0 Å². The van der Waals surface area contributed by atoms with Crippen LogP contribution in [0.4, 0.5) is 0 Å². The number of aldehydes is 1. The SMILES string of the molecule is CCC(=O)O[C@H]1CC[C@H]2[C@@H]3C[C@H](C)C4=CCCC[C@]4(C=O)[C@H]3CC[C@]12C. The normalized spacial score (nSPS) is 47.2. The first kappa shape index (κ1) is 18.3. The second kappa shape index (κ2) is 6.49. The van der Waals surface area contributed by atoms with Crippen LogP contribution in [0.1, 0.15) is 78.6 Å². The van der Waals surface area contributed by atoms with E-state index in [1.807, 2.05) is 6.92 Å². The van der Waals surface area contributed by atoms with Gasteiger partial charge in [0.05, 0.1) is 5.41 Å². The smallest absolute Gasteiger partial charge is 0.305 e. The predicted molar refractivity (Wildman–Crippen MR) is 101 cm³/mol. The van der Waals surface area contributed by atoms with E-state index in [9.17, 15) is 9.59 Å². The average molecular weight is 359 g/mol. The summed E-state index contributed by atoms with van der Waals surface area (Å²) in [6.45, 7) is 6.57. The van der Waals surface area contributed by atoms with Crippen LogP contribution in [0.2, 0.25) is 0 Å². The molecule has 0 unspecified atom stereocenters. The Balaban J connectivity index is 1.65. The summed E-state index contributed by atoms with van der Waals surface area (Å²) in [6, 6.07) is 0. The molecule has 0 aliphatic heterocycles. The fraction of sp³-hybridized carbons (Fsp3) is 0.826. The van der Waals surface area contributed by atoms with E-state index in [1.165, 1.54) is 18.3 Å².